The Morgan fingerprint density at radius 2 is 1.90 bits per heavy atom. The van der Waals surface area contributed by atoms with Crippen LogP contribution in [0, 0.1) is 0 Å². The lowest BCUT2D eigenvalue weighted by Gasteiger charge is -2.13. The van der Waals surface area contributed by atoms with E-state index in [1.807, 2.05) is 0 Å². The van der Waals surface area contributed by atoms with E-state index < -0.39 is 17.6 Å². The second-order valence-electron chi connectivity index (χ2n) is 5.92. The van der Waals surface area contributed by atoms with E-state index in [9.17, 15) is 18.0 Å². The maximum absolute atomic E-state index is 12.9. The van der Waals surface area contributed by atoms with Gasteiger partial charge in [0.25, 0.3) is 5.91 Å². The van der Waals surface area contributed by atoms with Crippen molar-refractivity contribution >= 4 is 11.7 Å². The van der Waals surface area contributed by atoms with Crippen molar-refractivity contribution < 1.29 is 22.7 Å². The summed E-state index contributed by atoms with van der Waals surface area (Å²) in [6, 6.07) is 10.8. The minimum Gasteiger partial charge on any atom is -0.497 e. The highest BCUT2D eigenvalue weighted by atomic mass is 19.4. The van der Waals surface area contributed by atoms with Crippen molar-refractivity contribution in [2.45, 2.75) is 6.18 Å². The summed E-state index contributed by atoms with van der Waals surface area (Å²) in [6.45, 7) is 0.174. The molecule has 0 saturated carbocycles. The third-order valence-corrected chi connectivity index (χ3v) is 3.97. The number of carbonyl (C=O) groups excluding carboxylic acids is 1. The summed E-state index contributed by atoms with van der Waals surface area (Å²) in [6.07, 6.45) is -1.60. The summed E-state index contributed by atoms with van der Waals surface area (Å²) in [5.41, 5.74) is 0.0838. The first-order chi connectivity index (χ1) is 13.9. The number of nitrogens with zero attached hydrogens (tertiary/aromatic N) is 3. The highest BCUT2D eigenvalue weighted by Gasteiger charge is 2.33. The predicted molar refractivity (Wildman–Crippen MR) is 100 cm³/mol. The molecule has 0 fully saturated rings. The van der Waals surface area contributed by atoms with Crippen LogP contribution in [0.25, 0.3) is 5.69 Å². The Hall–Kier alpha value is -3.56. The van der Waals surface area contributed by atoms with Gasteiger partial charge in [-0.1, -0.05) is 0 Å². The Morgan fingerprint density at radius 1 is 1.14 bits per heavy atom. The highest BCUT2D eigenvalue weighted by molar-refractivity contribution is 5.92. The topological polar surface area (TPSA) is 81.1 Å². The van der Waals surface area contributed by atoms with Gasteiger partial charge in [-0.2, -0.15) is 18.3 Å². The SMILES string of the molecule is COc1ccc(-n2ccc(C(=O)NCCNc3ncccc3C(F)(F)F)n2)cc1. The number of amides is 1. The number of hydrogen-bond acceptors (Lipinski definition) is 5. The number of nitrogens with one attached hydrogen (secondary N) is 2. The Morgan fingerprint density at radius 3 is 2.59 bits per heavy atom. The summed E-state index contributed by atoms with van der Waals surface area (Å²) in [5.74, 6) is -0.0119. The molecule has 0 spiro atoms. The van der Waals surface area contributed by atoms with E-state index in [1.54, 1.807) is 43.6 Å². The second-order valence-corrected chi connectivity index (χ2v) is 5.92. The number of aromatic nitrogens is 3. The standard InChI is InChI=1S/C19H18F3N5O2/c1-29-14-6-4-13(5-7-14)27-12-8-16(26-27)18(28)25-11-10-24-17-15(19(20,21)22)3-2-9-23-17/h2-9,12H,10-11H2,1H3,(H,23,24)(H,25,28). The first-order valence-electron chi connectivity index (χ1n) is 8.63. The van der Waals surface area contributed by atoms with Gasteiger partial charge in [0.05, 0.1) is 18.4 Å². The Bertz CT molecular complexity index is 970. The van der Waals surface area contributed by atoms with Gasteiger partial charge in [0.1, 0.15) is 11.6 Å². The molecule has 3 aromatic rings. The predicted octanol–water partition coefficient (Wildman–Crippen LogP) is 3.14. The summed E-state index contributed by atoms with van der Waals surface area (Å²) in [5, 5.41) is 9.39. The number of rotatable bonds is 7. The molecule has 0 saturated heterocycles. The zero-order valence-electron chi connectivity index (χ0n) is 15.4. The lowest BCUT2D eigenvalue weighted by molar-refractivity contribution is -0.137. The van der Waals surface area contributed by atoms with E-state index in [0.717, 1.165) is 11.8 Å². The fourth-order valence-electron chi connectivity index (χ4n) is 2.55. The Kier molecular flexibility index (Phi) is 6.01. The molecular formula is C19H18F3N5O2. The number of pyridine rings is 1. The molecule has 0 aliphatic carbocycles. The smallest absolute Gasteiger partial charge is 0.419 e. The fraction of sp³-hybridized carbons (Fsp3) is 0.211. The van der Waals surface area contributed by atoms with Gasteiger partial charge >= 0.3 is 6.18 Å². The number of hydrogen-bond donors (Lipinski definition) is 2. The van der Waals surface area contributed by atoms with Crippen LogP contribution in [0.15, 0.2) is 54.9 Å². The van der Waals surface area contributed by atoms with Gasteiger partial charge in [-0.05, 0) is 42.5 Å². The van der Waals surface area contributed by atoms with E-state index >= 15 is 0 Å². The van der Waals surface area contributed by atoms with Gasteiger partial charge in [-0.15, -0.1) is 0 Å². The first kappa shape index (κ1) is 20.2. The summed E-state index contributed by atoms with van der Waals surface area (Å²) in [7, 11) is 1.57. The van der Waals surface area contributed by atoms with Gasteiger partial charge in [0, 0.05) is 25.5 Å². The Balaban J connectivity index is 1.54. The molecule has 2 N–H and O–H groups in total. The average molecular weight is 405 g/mol. The minimum absolute atomic E-state index is 0.0744. The van der Waals surface area contributed by atoms with Gasteiger partial charge in [-0.25, -0.2) is 9.67 Å². The van der Waals surface area contributed by atoms with Crippen molar-refractivity contribution in [3.63, 3.8) is 0 Å². The zero-order valence-corrected chi connectivity index (χ0v) is 15.4. The number of anilines is 1. The first-order valence-corrected chi connectivity index (χ1v) is 8.63. The fourth-order valence-corrected chi connectivity index (χ4v) is 2.55. The number of methoxy groups -OCH3 is 1. The van der Waals surface area contributed by atoms with E-state index in [-0.39, 0.29) is 24.6 Å². The quantitative estimate of drug-likeness (QED) is 0.591. The maximum atomic E-state index is 12.9. The molecule has 1 aromatic carbocycles. The van der Waals surface area contributed by atoms with Crippen molar-refractivity contribution in [2.75, 3.05) is 25.5 Å². The molecule has 29 heavy (non-hydrogen) atoms. The maximum Gasteiger partial charge on any atom is 0.419 e. The molecule has 3 rings (SSSR count). The van der Waals surface area contributed by atoms with Crippen LogP contribution in [-0.2, 0) is 6.18 Å². The van der Waals surface area contributed by atoms with Gasteiger partial charge < -0.3 is 15.4 Å². The number of alkyl halides is 3. The number of benzene rings is 1. The van der Waals surface area contributed by atoms with Gasteiger partial charge in [-0.3, -0.25) is 4.79 Å². The normalized spacial score (nSPS) is 11.2. The van der Waals surface area contributed by atoms with Crippen molar-refractivity contribution in [3.05, 3.63) is 66.1 Å². The number of ether oxygens (including phenoxy) is 1. The monoisotopic (exact) mass is 405 g/mol. The van der Waals surface area contributed by atoms with Crippen LogP contribution >= 0.6 is 0 Å². The Labute approximate surface area is 164 Å². The summed E-state index contributed by atoms with van der Waals surface area (Å²) in [4.78, 5) is 15.9. The number of halogens is 3. The molecule has 0 aliphatic rings. The van der Waals surface area contributed by atoms with Crippen LogP contribution in [0.1, 0.15) is 16.1 Å². The average Bonchev–Trinajstić information content (AvgIpc) is 3.21. The van der Waals surface area contributed by atoms with Crippen molar-refractivity contribution in [2.24, 2.45) is 0 Å². The van der Waals surface area contributed by atoms with Gasteiger partial charge in [0.2, 0.25) is 0 Å². The van der Waals surface area contributed by atoms with Crippen LogP contribution in [-0.4, -0.2) is 40.9 Å². The molecule has 0 bridgehead atoms. The highest BCUT2D eigenvalue weighted by Crippen LogP contribution is 2.33. The van der Waals surface area contributed by atoms with Crippen LogP contribution in [0.4, 0.5) is 19.0 Å². The van der Waals surface area contributed by atoms with Crippen molar-refractivity contribution in [1.82, 2.24) is 20.1 Å². The molecule has 0 radical (unpaired) electrons. The zero-order chi connectivity index (χ0) is 20.9. The molecule has 2 heterocycles. The summed E-state index contributed by atoms with van der Waals surface area (Å²) >= 11 is 0. The largest absolute Gasteiger partial charge is 0.497 e. The molecule has 7 nitrogen and oxygen atoms in total. The van der Waals surface area contributed by atoms with E-state index in [4.69, 9.17) is 4.74 Å². The molecule has 10 heteroatoms. The molecule has 152 valence electrons. The van der Waals surface area contributed by atoms with Crippen LogP contribution in [0.2, 0.25) is 0 Å². The molecule has 0 aliphatic heterocycles. The van der Waals surface area contributed by atoms with Gasteiger partial charge in [0.15, 0.2) is 5.69 Å². The molecule has 2 aromatic heterocycles. The third kappa shape index (κ3) is 5.03. The van der Waals surface area contributed by atoms with Crippen LogP contribution in [0.3, 0.4) is 0 Å². The molecule has 0 unspecified atom stereocenters. The van der Waals surface area contributed by atoms with E-state index in [2.05, 4.69) is 20.7 Å². The van der Waals surface area contributed by atoms with Crippen molar-refractivity contribution in [1.29, 1.82) is 0 Å². The number of carbonyl (C=O) groups is 1. The minimum atomic E-state index is -4.51. The second kappa shape index (κ2) is 8.63. The van der Waals surface area contributed by atoms with E-state index in [1.165, 1.54) is 16.9 Å². The molecule has 0 atom stereocenters. The van der Waals surface area contributed by atoms with Crippen LogP contribution in [0.5, 0.6) is 5.75 Å². The molecule has 1 amide bonds. The lowest BCUT2D eigenvalue weighted by Crippen LogP contribution is -2.29. The lowest BCUT2D eigenvalue weighted by atomic mass is 10.2. The molecular weight excluding hydrogens is 387 g/mol. The summed E-state index contributed by atoms with van der Waals surface area (Å²) < 4.78 is 45.4. The van der Waals surface area contributed by atoms with E-state index in [0.29, 0.717) is 5.75 Å². The third-order valence-electron chi connectivity index (χ3n) is 3.97. The van der Waals surface area contributed by atoms with Crippen molar-refractivity contribution in [3.8, 4) is 11.4 Å². The van der Waals surface area contributed by atoms with Crippen LogP contribution < -0.4 is 15.4 Å².